The first kappa shape index (κ1) is 14.1. The van der Waals surface area contributed by atoms with E-state index in [0.29, 0.717) is 23.0 Å². The lowest BCUT2D eigenvalue weighted by atomic mass is 10.2. The molecule has 1 atom stereocenters. The number of nitrogens with one attached hydrogen (secondary N) is 1. The average Bonchev–Trinajstić information content (AvgIpc) is 2.56. The van der Waals surface area contributed by atoms with E-state index in [9.17, 15) is 8.42 Å². The Morgan fingerprint density at radius 1 is 1.11 bits per heavy atom. The summed E-state index contributed by atoms with van der Waals surface area (Å²) >= 11 is 11.7. The van der Waals surface area contributed by atoms with Gasteiger partial charge in [0, 0.05) is 16.6 Å². The van der Waals surface area contributed by atoms with Crippen LogP contribution in [0.3, 0.4) is 0 Å². The largest absolute Gasteiger partial charge is 0.315 e. The smallest absolute Gasteiger partial charge is 0.182 e. The van der Waals surface area contributed by atoms with E-state index in [2.05, 4.69) is 5.32 Å². The van der Waals surface area contributed by atoms with Crippen LogP contribution in [0, 0.1) is 0 Å². The van der Waals surface area contributed by atoms with Crippen molar-refractivity contribution in [1.29, 1.82) is 0 Å². The molecule has 1 aliphatic heterocycles. The second-order valence-corrected chi connectivity index (χ2v) is 7.57. The maximum atomic E-state index is 12.5. The summed E-state index contributed by atoms with van der Waals surface area (Å²) in [6.45, 7) is 1.37. The summed E-state index contributed by atoms with van der Waals surface area (Å²) in [4.78, 5) is 0.216. The maximum Gasteiger partial charge on any atom is 0.182 e. The summed E-state index contributed by atoms with van der Waals surface area (Å²) < 4.78 is 25.0. The number of halogens is 2. The van der Waals surface area contributed by atoms with Crippen LogP contribution < -0.4 is 5.32 Å². The van der Waals surface area contributed by atoms with Crippen molar-refractivity contribution < 1.29 is 8.42 Å². The zero-order valence-corrected chi connectivity index (χ0v) is 12.2. The summed E-state index contributed by atoms with van der Waals surface area (Å²) in [5, 5.41) is 3.46. The fourth-order valence-corrected chi connectivity index (χ4v) is 4.57. The summed E-state index contributed by atoms with van der Waals surface area (Å²) in [7, 11) is -3.36. The highest BCUT2D eigenvalue weighted by Gasteiger charge is 2.28. The molecular formula is C12H15Cl2NO2S. The van der Waals surface area contributed by atoms with Crippen LogP contribution in [-0.4, -0.2) is 26.8 Å². The van der Waals surface area contributed by atoms with E-state index in [-0.39, 0.29) is 4.90 Å². The molecule has 1 saturated heterocycles. The molecule has 1 N–H and O–H groups in total. The van der Waals surface area contributed by atoms with Crippen LogP contribution in [0.25, 0.3) is 0 Å². The Morgan fingerprint density at radius 2 is 1.78 bits per heavy atom. The predicted molar refractivity (Wildman–Crippen MR) is 74.2 cm³/mol. The molecule has 1 aromatic carbocycles. The van der Waals surface area contributed by atoms with Gasteiger partial charge in [-0.25, -0.2) is 8.42 Å². The van der Waals surface area contributed by atoms with Crippen LogP contribution in [0.1, 0.15) is 19.3 Å². The van der Waals surface area contributed by atoms with E-state index < -0.39 is 15.1 Å². The fraction of sp³-hybridized carbons (Fsp3) is 0.500. The number of hydrogen-bond acceptors (Lipinski definition) is 3. The van der Waals surface area contributed by atoms with E-state index in [0.717, 1.165) is 19.4 Å². The second-order valence-electron chi connectivity index (χ2n) is 4.47. The Bertz CT molecular complexity index is 503. The minimum Gasteiger partial charge on any atom is -0.315 e. The first-order valence-electron chi connectivity index (χ1n) is 5.91. The molecule has 0 spiro atoms. The third-order valence-corrected chi connectivity index (χ3v) is 5.71. The van der Waals surface area contributed by atoms with Crippen molar-refractivity contribution >= 4 is 33.0 Å². The van der Waals surface area contributed by atoms with Crippen molar-refractivity contribution in [2.45, 2.75) is 29.4 Å². The van der Waals surface area contributed by atoms with Crippen LogP contribution >= 0.6 is 23.2 Å². The number of benzene rings is 1. The zero-order valence-electron chi connectivity index (χ0n) is 9.83. The van der Waals surface area contributed by atoms with Crippen molar-refractivity contribution in [3.8, 4) is 0 Å². The first-order valence-corrected chi connectivity index (χ1v) is 8.21. The van der Waals surface area contributed by atoms with Crippen molar-refractivity contribution in [2.24, 2.45) is 0 Å². The van der Waals surface area contributed by atoms with Crippen molar-refractivity contribution in [2.75, 3.05) is 13.1 Å². The fourth-order valence-electron chi connectivity index (χ4n) is 2.14. The molecule has 1 fully saturated rings. The van der Waals surface area contributed by atoms with Crippen LogP contribution in [-0.2, 0) is 9.84 Å². The van der Waals surface area contributed by atoms with Gasteiger partial charge in [-0.15, -0.1) is 0 Å². The molecule has 0 radical (unpaired) electrons. The molecule has 6 heteroatoms. The Balaban J connectivity index is 2.34. The van der Waals surface area contributed by atoms with Gasteiger partial charge in [-0.1, -0.05) is 29.6 Å². The lowest BCUT2D eigenvalue weighted by molar-refractivity contribution is 0.567. The molecule has 3 nitrogen and oxygen atoms in total. The molecule has 0 saturated carbocycles. The molecule has 0 aromatic heterocycles. The Morgan fingerprint density at radius 3 is 2.44 bits per heavy atom. The lowest BCUT2D eigenvalue weighted by Crippen LogP contribution is -2.31. The van der Waals surface area contributed by atoms with Gasteiger partial charge in [0.15, 0.2) is 9.84 Å². The molecular weight excluding hydrogens is 293 g/mol. The first-order chi connectivity index (χ1) is 8.50. The van der Waals surface area contributed by atoms with Gasteiger partial charge in [0.25, 0.3) is 0 Å². The van der Waals surface area contributed by atoms with E-state index in [4.69, 9.17) is 23.2 Å². The number of hydrogen-bond donors (Lipinski definition) is 1. The molecule has 0 aliphatic carbocycles. The maximum absolute atomic E-state index is 12.5. The highest BCUT2D eigenvalue weighted by molar-refractivity contribution is 7.92. The second kappa shape index (κ2) is 5.78. The van der Waals surface area contributed by atoms with Crippen molar-refractivity contribution in [1.82, 2.24) is 5.32 Å². The van der Waals surface area contributed by atoms with Crippen LogP contribution in [0.4, 0.5) is 0 Å². The number of sulfone groups is 1. The standard InChI is InChI=1S/C12H15Cl2NO2S/c13-9-5-10(14)7-12(6-9)18(16,17)11-3-1-2-4-15-8-11/h5-7,11,15H,1-4,8H2. The van der Waals surface area contributed by atoms with Gasteiger partial charge in [-0.05, 0) is 37.6 Å². The third kappa shape index (κ3) is 3.18. The van der Waals surface area contributed by atoms with Gasteiger partial charge in [0.05, 0.1) is 10.1 Å². The van der Waals surface area contributed by atoms with Gasteiger partial charge >= 0.3 is 0 Å². The van der Waals surface area contributed by atoms with Gasteiger partial charge in [0.1, 0.15) is 0 Å². The van der Waals surface area contributed by atoms with E-state index in [1.807, 2.05) is 0 Å². The predicted octanol–water partition coefficient (Wildman–Crippen LogP) is 2.91. The van der Waals surface area contributed by atoms with Crippen molar-refractivity contribution in [3.05, 3.63) is 28.2 Å². The van der Waals surface area contributed by atoms with Gasteiger partial charge in [-0.3, -0.25) is 0 Å². The Labute approximate surface area is 117 Å². The highest BCUT2D eigenvalue weighted by atomic mass is 35.5. The molecule has 0 bridgehead atoms. The summed E-state index contributed by atoms with van der Waals surface area (Å²) in [5.74, 6) is 0. The molecule has 1 unspecified atom stereocenters. The van der Waals surface area contributed by atoms with Gasteiger partial charge in [0.2, 0.25) is 0 Å². The minimum atomic E-state index is -3.36. The molecule has 0 amide bonds. The molecule has 1 aliphatic rings. The highest BCUT2D eigenvalue weighted by Crippen LogP contribution is 2.27. The molecule has 2 rings (SSSR count). The normalized spacial score (nSPS) is 21.6. The summed E-state index contributed by atoms with van der Waals surface area (Å²) in [5.41, 5.74) is 0. The van der Waals surface area contributed by atoms with Crippen LogP contribution in [0.2, 0.25) is 10.0 Å². The third-order valence-electron chi connectivity index (χ3n) is 3.11. The van der Waals surface area contributed by atoms with E-state index in [1.165, 1.54) is 18.2 Å². The Kier molecular flexibility index (Phi) is 4.54. The van der Waals surface area contributed by atoms with E-state index >= 15 is 0 Å². The van der Waals surface area contributed by atoms with E-state index in [1.54, 1.807) is 0 Å². The molecule has 100 valence electrons. The van der Waals surface area contributed by atoms with Crippen LogP contribution in [0.5, 0.6) is 0 Å². The topological polar surface area (TPSA) is 46.2 Å². The SMILES string of the molecule is O=S(=O)(c1cc(Cl)cc(Cl)c1)C1CCCCNC1. The molecule has 18 heavy (non-hydrogen) atoms. The molecule has 1 heterocycles. The van der Waals surface area contributed by atoms with Crippen molar-refractivity contribution in [3.63, 3.8) is 0 Å². The van der Waals surface area contributed by atoms with Gasteiger partial charge < -0.3 is 5.32 Å². The summed E-state index contributed by atoms with van der Waals surface area (Å²) in [6.07, 6.45) is 2.62. The minimum absolute atomic E-state index is 0.216. The summed E-state index contributed by atoms with van der Waals surface area (Å²) in [6, 6.07) is 4.47. The lowest BCUT2D eigenvalue weighted by Gasteiger charge is -2.15. The Hall–Kier alpha value is -0.290. The zero-order chi connectivity index (χ0) is 13.2. The number of rotatable bonds is 2. The molecule has 1 aromatic rings. The quantitative estimate of drug-likeness (QED) is 0.914. The average molecular weight is 308 g/mol. The van der Waals surface area contributed by atoms with Gasteiger partial charge in [-0.2, -0.15) is 0 Å². The monoisotopic (exact) mass is 307 g/mol. The van der Waals surface area contributed by atoms with Crippen LogP contribution in [0.15, 0.2) is 23.1 Å².